The van der Waals surface area contributed by atoms with Crippen LogP contribution in [0.1, 0.15) is 5.56 Å². The van der Waals surface area contributed by atoms with E-state index in [2.05, 4.69) is 90.2 Å². The van der Waals surface area contributed by atoms with Crippen LogP contribution in [-0.4, -0.2) is 0 Å². The van der Waals surface area contributed by atoms with Crippen LogP contribution < -0.4 is 0 Å². The Morgan fingerprint density at radius 2 is 1.56 bits per heavy atom. The standard InChI is InChI=1S/C17H13I/c1-12-5-4-6-13(11-12)14-9-10-17(18)16-8-3-2-7-15(14)16/h2-11H,1H3. The molecule has 0 saturated carbocycles. The van der Waals surface area contributed by atoms with Crippen molar-refractivity contribution in [2.45, 2.75) is 6.92 Å². The van der Waals surface area contributed by atoms with Gasteiger partial charge in [-0.3, -0.25) is 0 Å². The second kappa shape index (κ2) is 4.73. The molecule has 0 amide bonds. The topological polar surface area (TPSA) is 0 Å². The zero-order chi connectivity index (χ0) is 12.5. The summed E-state index contributed by atoms with van der Waals surface area (Å²) in [5.74, 6) is 0. The molecule has 0 radical (unpaired) electrons. The van der Waals surface area contributed by atoms with Gasteiger partial charge in [-0.05, 0) is 57.5 Å². The van der Waals surface area contributed by atoms with Gasteiger partial charge in [0.1, 0.15) is 0 Å². The molecule has 3 aromatic rings. The van der Waals surface area contributed by atoms with Crippen LogP contribution >= 0.6 is 22.6 Å². The Labute approximate surface area is 121 Å². The zero-order valence-electron chi connectivity index (χ0n) is 10.2. The van der Waals surface area contributed by atoms with Gasteiger partial charge in [0.15, 0.2) is 0 Å². The molecule has 1 heteroatoms. The molecule has 0 aromatic heterocycles. The Morgan fingerprint density at radius 3 is 2.33 bits per heavy atom. The number of aryl methyl sites for hydroxylation is 1. The minimum Gasteiger partial charge on any atom is -0.0616 e. The van der Waals surface area contributed by atoms with Crippen LogP contribution in [0.25, 0.3) is 21.9 Å². The normalized spacial score (nSPS) is 10.8. The third-order valence-corrected chi connectivity index (χ3v) is 4.14. The minimum atomic E-state index is 1.29. The number of benzene rings is 3. The van der Waals surface area contributed by atoms with E-state index in [1.165, 1.54) is 31.0 Å². The monoisotopic (exact) mass is 344 g/mol. The SMILES string of the molecule is Cc1cccc(-c2ccc(I)c3ccccc23)c1. The van der Waals surface area contributed by atoms with E-state index >= 15 is 0 Å². The van der Waals surface area contributed by atoms with E-state index in [0.717, 1.165) is 0 Å². The molecule has 0 bridgehead atoms. The average molecular weight is 344 g/mol. The van der Waals surface area contributed by atoms with Crippen molar-refractivity contribution in [3.8, 4) is 11.1 Å². The van der Waals surface area contributed by atoms with Crippen molar-refractivity contribution in [2.75, 3.05) is 0 Å². The summed E-state index contributed by atoms with van der Waals surface area (Å²) >= 11 is 2.40. The van der Waals surface area contributed by atoms with Crippen LogP contribution in [0.3, 0.4) is 0 Å². The molecule has 0 heterocycles. The van der Waals surface area contributed by atoms with Gasteiger partial charge in [0.05, 0.1) is 0 Å². The maximum absolute atomic E-state index is 2.40. The fourth-order valence-electron chi connectivity index (χ4n) is 2.33. The lowest BCUT2D eigenvalue weighted by atomic mass is 9.97. The number of halogens is 1. The summed E-state index contributed by atoms with van der Waals surface area (Å²) in [5.41, 5.74) is 3.91. The van der Waals surface area contributed by atoms with Gasteiger partial charge in [0.2, 0.25) is 0 Å². The van der Waals surface area contributed by atoms with E-state index in [4.69, 9.17) is 0 Å². The average Bonchev–Trinajstić information content (AvgIpc) is 2.39. The van der Waals surface area contributed by atoms with Crippen molar-refractivity contribution in [1.82, 2.24) is 0 Å². The van der Waals surface area contributed by atoms with Gasteiger partial charge in [-0.25, -0.2) is 0 Å². The predicted molar refractivity (Wildman–Crippen MR) is 86.8 cm³/mol. The molecule has 0 saturated heterocycles. The van der Waals surface area contributed by atoms with E-state index in [1.54, 1.807) is 0 Å². The molecule has 0 aliphatic rings. The Morgan fingerprint density at radius 1 is 0.778 bits per heavy atom. The first kappa shape index (κ1) is 11.7. The maximum Gasteiger partial charge on any atom is 0.0209 e. The van der Waals surface area contributed by atoms with Crippen molar-refractivity contribution in [2.24, 2.45) is 0 Å². The molecule has 18 heavy (non-hydrogen) atoms. The molecule has 3 rings (SSSR count). The summed E-state index contributed by atoms with van der Waals surface area (Å²) < 4.78 is 1.31. The maximum atomic E-state index is 2.40. The summed E-state index contributed by atoms with van der Waals surface area (Å²) in [5, 5.41) is 2.66. The highest BCUT2D eigenvalue weighted by Crippen LogP contribution is 2.31. The summed E-state index contributed by atoms with van der Waals surface area (Å²) in [6.07, 6.45) is 0. The summed E-state index contributed by atoms with van der Waals surface area (Å²) in [6.45, 7) is 2.14. The Kier molecular flexibility index (Phi) is 3.08. The van der Waals surface area contributed by atoms with Gasteiger partial charge in [-0.2, -0.15) is 0 Å². The first-order chi connectivity index (χ1) is 8.75. The van der Waals surface area contributed by atoms with Crippen molar-refractivity contribution in [3.05, 3.63) is 69.8 Å². The van der Waals surface area contributed by atoms with E-state index in [9.17, 15) is 0 Å². The zero-order valence-corrected chi connectivity index (χ0v) is 12.3. The molecule has 0 spiro atoms. The summed E-state index contributed by atoms with van der Waals surface area (Å²) in [4.78, 5) is 0. The Balaban J connectivity index is 2.33. The molecule has 0 atom stereocenters. The molecular formula is C17H13I. The van der Waals surface area contributed by atoms with Gasteiger partial charge in [0.25, 0.3) is 0 Å². The first-order valence-corrected chi connectivity index (χ1v) is 7.08. The third-order valence-electron chi connectivity index (χ3n) is 3.20. The number of fused-ring (bicyclic) bond motifs is 1. The molecule has 0 aliphatic carbocycles. The lowest BCUT2D eigenvalue weighted by molar-refractivity contribution is 1.47. The van der Waals surface area contributed by atoms with Gasteiger partial charge in [0, 0.05) is 3.57 Å². The Hall–Kier alpha value is -1.35. The Bertz CT molecular complexity index is 714. The highest BCUT2D eigenvalue weighted by Gasteiger charge is 2.05. The van der Waals surface area contributed by atoms with E-state index < -0.39 is 0 Å². The lowest BCUT2D eigenvalue weighted by Gasteiger charge is -2.09. The van der Waals surface area contributed by atoms with Crippen molar-refractivity contribution < 1.29 is 0 Å². The number of rotatable bonds is 1. The van der Waals surface area contributed by atoms with Crippen molar-refractivity contribution in [3.63, 3.8) is 0 Å². The second-order valence-electron chi connectivity index (χ2n) is 4.51. The number of hydrogen-bond acceptors (Lipinski definition) is 0. The van der Waals surface area contributed by atoms with Crippen LogP contribution in [0.2, 0.25) is 0 Å². The highest BCUT2D eigenvalue weighted by atomic mass is 127. The molecule has 0 nitrogen and oxygen atoms in total. The summed E-state index contributed by atoms with van der Waals surface area (Å²) in [6, 6.07) is 21.7. The van der Waals surface area contributed by atoms with Gasteiger partial charge < -0.3 is 0 Å². The smallest absolute Gasteiger partial charge is 0.0209 e. The molecule has 3 aromatic carbocycles. The number of hydrogen-bond donors (Lipinski definition) is 0. The second-order valence-corrected chi connectivity index (χ2v) is 5.67. The van der Waals surface area contributed by atoms with E-state index in [1.807, 2.05) is 0 Å². The molecule has 0 fully saturated rings. The highest BCUT2D eigenvalue weighted by molar-refractivity contribution is 14.1. The summed E-state index contributed by atoms with van der Waals surface area (Å²) in [7, 11) is 0. The van der Waals surface area contributed by atoms with Crippen LogP contribution in [0.15, 0.2) is 60.7 Å². The fraction of sp³-hybridized carbons (Fsp3) is 0.0588. The molecule has 0 aliphatic heterocycles. The first-order valence-electron chi connectivity index (χ1n) is 6.00. The quantitative estimate of drug-likeness (QED) is 0.517. The van der Waals surface area contributed by atoms with E-state index in [-0.39, 0.29) is 0 Å². The van der Waals surface area contributed by atoms with Gasteiger partial charge >= 0.3 is 0 Å². The van der Waals surface area contributed by atoms with Crippen molar-refractivity contribution >= 4 is 33.4 Å². The minimum absolute atomic E-state index is 1.29. The van der Waals surface area contributed by atoms with Crippen LogP contribution in [0, 0.1) is 10.5 Å². The fourth-order valence-corrected chi connectivity index (χ4v) is 2.98. The lowest BCUT2D eigenvalue weighted by Crippen LogP contribution is -1.84. The molecule has 88 valence electrons. The predicted octanol–water partition coefficient (Wildman–Crippen LogP) is 5.42. The molecule has 0 unspecified atom stereocenters. The molecular weight excluding hydrogens is 331 g/mol. The van der Waals surface area contributed by atoms with E-state index in [0.29, 0.717) is 0 Å². The van der Waals surface area contributed by atoms with Gasteiger partial charge in [-0.15, -0.1) is 0 Å². The van der Waals surface area contributed by atoms with Crippen LogP contribution in [0.5, 0.6) is 0 Å². The third kappa shape index (κ3) is 2.03. The molecule has 0 N–H and O–H groups in total. The van der Waals surface area contributed by atoms with Gasteiger partial charge in [-0.1, -0.05) is 60.2 Å². The van der Waals surface area contributed by atoms with Crippen LogP contribution in [0.4, 0.5) is 0 Å². The van der Waals surface area contributed by atoms with Crippen molar-refractivity contribution in [1.29, 1.82) is 0 Å². The largest absolute Gasteiger partial charge is 0.0616 e. The van der Waals surface area contributed by atoms with Crippen LogP contribution in [-0.2, 0) is 0 Å².